The Labute approximate surface area is 108 Å². The number of aromatic nitrogens is 1. The maximum Gasteiger partial charge on any atom is 0.0826 e. The van der Waals surface area contributed by atoms with Gasteiger partial charge in [-0.2, -0.15) is 0 Å². The molecule has 0 bridgehead atoms. The Morgan fingerprint density at radius 1 is 1.44 bits per heavy atom. The van der Waals surface area contributed by atoms with Gasteiger partial charge in [0.05, 0.1) is 12.7 Å². The first kappa shape index (κ1) is 12.1. The number of hydrogen-bond acceptors (Lipinski definition) is 4. The SMILES string of the molecule is c1cncc(CNC[C@@H]2CN(C3CC3)CCO2)c1. The van der Waals surface area contributed by atoms with Gasteiger partial charge in [0.15, 0.2) is 0 Å². The Kier molecular flexibility index (Phi) is 3.88. The van der Waals surface area contributed by atoms with E-state index in [1.54, 1.807) is 6.20 Å². The molecule has 1 N–H and O–H groups in total. The van der Waals surface area contributed by atoms with Gasteiger partial charge in [-0.25, -0.2) is 0 Å². The number of nitrogens with zero attached hydrogens (tertiary/aromatic N) is 2. The predicted molar refractivity (Wildman–Crippen MR) is 70.3 cm³/mol. The lowest BCUT2D eigenvalue weighted by atomic mass is 10.2. The second-order valence-electron chi connectivity index (χ2n) is 5.21. The molecule has 1 saturated heterocycles. The highest BCUT2D eigenvalue weighted by atomic mass is 16.5. The van der Waals surface area contributed by atoms with Crippen LogP contribution in [0.3, 0.4) is 0 Å². The van der Waals surface area contributed by atoms with Crippen LogP contribution in [-0.4, -0.2) is 48.3 Å². The topological polar surface area (TPSA) is 37.4 Å². The maximum absolute atomic E-state index is 5.80. The lowest BCUT2D eigenvalue weighted by Gasteiger charge is -2.33. The van der Waals surface area contributed by atoms with Gasteiger partial charge >= 0.3 is 0 Å². The fourth-order valence-electron chi connectivity index (χ4n) is 2.52. The van der Waals surface area contributed by atoms with Crippen molar-refractivity contribution in [3.05, 3.63) is 30.1 Å². The Morgan fingerprint density at radius 2 is 2.39 bits per heavy atom. The molecule has 1 saturated carbocycles. The molecule has 3 rings (SSSR count). The van der Waals surface area contributed by atoms with E-state index >= 15 is 0 Å². The number of pyridine rings is 1. The average molecular weight is 247 g/mol. The zero-order chi connectivity index (χ0) is 12.2. The van der Waals surface area contributed by atoms with Gasteiger partial charge in [-0.1, -0.05) is 6.07 Å². The third kappa shape index (κ3) is 3.28. The molecule has 2 aliphatic rings. The van der Waals surface area contributed by atoms with Crippen LogP contribution in [0.5, 0.6) is 0 Å². The van der Waals surface area contributed by atoms with Crippen molar-refractivity contribution in [3.63, 3.8) is 0 Å². The van der Waals surface area contributed by atoms with Gasteiger partial charge in [0, 0.05) is 44.6 Å². The first-order valence-corrected chi connectivity index (χ1v) is 6.87. The molecule has 0 aromatic carbocycles. The Morgan fingerprint density at radius 3 is 3.17 bits per heavy atom. The lowest BCUT2D eigenvalue weighted by molar-refractivity contribution is -0.0301. The van der Waals surface area contributed by atoms with Crippen molar-refractivity contribution in [2.75, 3.05) is 26.2 Å². The maximum atomic E-state index is 5.80. The quantitative estimate of drug-likeness (QED) is 0.843. The van der Waals surface area contributed by atoms with Crippen LogP contribution in [0.4, 0.5) is 0 Å². The highest BCUT2D eigenvalue weighted by Gasteiger charge is 2.32. The van der Waals surface area contributed by atoms with Gasteiger partial charge in [0.25, 0.3) is 0 Å². The Hall–Kier alpha value is -0.970. The van der Waals surface area contributed by atoms with E-state index in [0.29, 0.717) is 6.10 Å². The zero-order valence-electron chi connectivity index (χ0n) is 10.7. The van der Waals surface area contributed by atoms with Crippen LogP contribution in [-0.2, 0) is 11.3 Å². The smallest absolute Gasteiger partial charge is 0.0826 e. The molecule has 2 fully saturated rings. The summed E-state index contributed by atoms with van der Waals surface area (Å²) in [5.41, 5.74) is 1.23. The first-order chi connectivity index (χ1) is 8.92. The van der Waals surface area contributed by atoms with Gasteiger partial charge in [-0.3, -0.25) is 9.88 Å². The Balaban J connectivity index is 1.40. The van der Waals surface area contributed by atoms with Crippen LogP contribution in [0.15, 0.2) is 24.5 Å². The van der Waals surface area contributed by atoms with E-state index in [9.17, 15) is 0 Å². The number of ether oxygens (including phenoxy) is 1. The van der Waals surface area contributed by atoms with Crippen molar-refractivity contribution >= 4 is 0 Å². The van der Waals surface area contributed by atoms with Gasteiger partial charge in [0.2, 0.25) is 0 Å². The summed E-state index contributed by atoms with van der Waals surface area (Å²) < 4.78 is 5.80. The van der Waals surface area contributed by atoms with Crippen molar-refractivity contribution in [1.82, 2.24) is 15.2 Å². The number of hydrogen-bond donors (Lipinski definition) is 1. The van der Waals surface area contributed by atoms with Crippen molar-refractivity contribution in [1.29, 1.82) is 0 Å². The molecule has 0 radical (unpaired) electrons. The second-order valence-corrected chi connectivity index (χ2v) is 5.21. The normalized spacial score (nSPS) is 25.2. The molecule has 0 unspecified atom stereocenters. The van der Waals surface area contributed by atoms with E-state index in [1.807, 2.05) is 12.3 Å². The molecular weight excluding hydrogens is 226 g/mol. The summed E-state index contributed by atoms with van der Waals surface area (Å²) in [5, 5.41) is 3.46. The molecule has 4 nitrogen and oxygen atoms in total. The molecule has 98 valence electrons. The number of rotatable bonds is 5. The molecule has 1 aliphatic carbocycles. The van der Waals surface area contributed by atoms with Crippen LogP contribution in [0.25, 0.3) is 0 Å². The van der Waals surface area contributed by atoms with Crippen LogP contribution < -0.4 is 5.32 Å². The number of morpholine rings is 1. The van der Waals surface area contributed by atoms with Crippen LogP contribution in [0, 0.1) is 0 Å². The van der Waals surface area contributed by atoms with E-state index in [4.69, 9.17) is 4.74 Å². The summed E-state index contributed by atoms with van der Waals surface area (Å²) in [4.78, 5) is 6.70. The summed E-state index contributed by atoms with van der Waals surface area (Å²) in [6.07, 6.45) is 6.83. The van der Waals surface area contributed by atoms with E-state index in [1.165, 1.54) is 18.4 Å². The van der Waals surface area contributed by atoms with Gasteiger partial charge in [-0.15, -0.1) is 0 Å². The molecule has 1 aromatic heterocycles. The van der Waals surface area contributed by atoms with E-state index < -0.39 is 0 Å². The molecule has 1 aliphatic heterocycles. The molecule has 0 amide bonds. The fourth-order valence-corrected chi connectivity index (χ4v) is 2.52. The highest BCUT2D eigenvalue weighted by molar-refractivity contribution is 5.07. The summed E-state index contributed by atoms with van der Waals surface area (Å²) in [5.74, 6) is 0. The van der Waals surface area contributed by atoms with Gasteiger partial charge < -0.3 is 10.1 Å². The largest absolute Gasteiger partial charge is 0.374 e. The van der Waals surface area contributed by atoms with E-state index in [2.05, 4.69) is 21.3 Å². The second kappa shape index (κ2) is 5.78. The molecule has 2 heterocycles. The third-order valence-corrected chi connectivity index (χ3v) is 3.66. The molecule has 1 aromatic rings. The molecule has 0 spiro atoms. The van der Waals surface area contributed by atoms with E-state index in [-0.39, 0.29) is 0 Å². The summed E-state index contributed by atoms with van der Waals surface area (Å²) in [6.45, 7) is 4.89. The minimum absolute atomic E-state index is 0.344. The van der Waals surface area contributed by atoms with E-state index in [0.717, 1.165) is 38.8 Å². The van der Waals surface area contributed by atoms with Crippen molar-refractivity contribution in [3.8, 4) is 0 Å². The molecule has 1 atom stereocenters. The summed E-state index contributed by atoms with van der Waals surface area (Å²) >= 11 is 0. The highest BCUT2D eigenvalue weighted by Crippen LogP contribution is 2.28. The third-order valence-electron chi connectivity index (χ3n) is 3.66. The first-order valence-electron chi connectivity index (χ1n) is 6.87. The summed E-state index contributed by atoms with van der Waals surface area (Å²) in [6, 6.07) is 4.93. The standard InChI is InChI=1S/C14H21N3O/c1-2-12(8-15-5-1)9-16-10-14-11-17(6-7-18-14)13-3-4-13/h1-2,5,8,13-14,16H,3-4,6-7,9-11H2/t14-/m1/s1. The predicted octanol–water partition coefficient (Wildman–Crippen LogP) is 1.03. The average Bonchev–Trinajstić information content (AvgIpc) is 3.25. The van der Waals surface area contributed by atoms with Crippen LogP contribution >= 0.6 is 0 Å². The minimum atomic E-state index is 0.344. The Bertz CT molecular complexity index is 367. The van der Waals surface area contributed by atoms with Gasteiger partial charge in [0.1, 0.15) is 0 Å². The molecule has 4 heteroatoms. The molecule has 18 heavy (non-hydrogen) atoms. The van der Waals surface area contributed by atoms with Crippen molar-refractivity contribution in [2.45, 2.75) is 31.5 Å². The zero-order valence-corrected chi connectivity index (χ0v) is 10.7. The minimum Gasteiger partial charge on any atom is -0.374 e. The number of nitrogens with one attached hydrogen (secondary N) is 1. The lowest BCUT2D eigenvalue weighted by Crippen LogP contribution is -2.47. The fraction of sp³-hybridized carbons (Fsp3) is 0.643. The molecular formula is C14H21N3O. The van der Waals surface area contributed by atoms with Crippen molar-refractivity contribution < 1.29 is 4.74 Å². The van der Waals surface area contributed by atoms with Crippen molar-refractivity contribution in [2.24, 2.45) is 0 Å². The monoisotopic (exact) mass is 247 g/mol. The van der Waals surface area contributed by atoms with Gasteiger partial charge in [-0.05, 0) is 24.5 Å². The van der Waals surface area contributed by atoms with Crippen LogP contribution in [0.1, 0.15) is 18.4 Å². The van der Waals surface area contributed by atoms with Crippen LogP contribution in [0.2, 0.25) is 0 Å². The summed E-state index contributed by atoms with van der Waals surface area (Å²) in [7, 11) is 0.